The molecular weight excluding hydrogens is 417 g/mol. The van der Waals surface area contributed by atoms with Gasteiger partial charge in [-0.15, -0.1) is 0 Å². The van der Waals surface area contributed by atoms with Crippen molar-refractivity contribution in [1.82, 2.24) is 10.2 Å². The molecule has 2 fully saturated rings. The minimum atomic E-state index is -4.32. The van der Waals surface area contributed by atoms with E-state index in [9.17, 15) is 32.3 Å². The molecular formula is C20H21F3N4O4. The highest BCUT2D eigenvalue weighted by atomic mass is 19.4. The number of hydrogen-bond donors (Lipinski definition) is 2. The SMILES string of the molecule is NCC1CN(c2ccc3c(c2)C(=O)N(C2CCC(=O)NC2=O)C3=O)CCC1C(F)(F)F. The summed E-state index contributed by atoms with van der Waals surface area (Å²) in [5.41, 5.74) is 6.32. The van der Waals surface area contributed by atoms with Crippen LogP contribution in [-0.4, -0.2) is 60.4 Å². The molecule has 0 aliphatic carbocycles. The lowest BCUT2D eigenvalue weighted by atomic mass is 9.84. The van der Waals surface area contributed by atoms with Gasteiger partial charge in [0.25, 0.3) is 11.8 Å². The highest BCUT2D eigenvalue weighted by Gasteiger charge is 2.47. The minimum absolute atomic E-state index is 0.0175. The minimum Gasteiger partial charge on any atom is -0.371 e. The zero-order valence-corrected chi connectivity index (χ0v) is 16.4. The van der Waals surface area contributed by atoms with Crippen molar-refractivity contribution in [1.29, 1.82) is 0 Å². The first-order chi connectivity index (χ1) is 14.6. The smallest absolute Gasteiger partial charge is 0.371 e. The number of nitrogens with zero attached hydrogens (tertiary/aromatic N) is 2. The standard InChI is InChI=1S/C20H21F3N4O4/c21-20(22,23)14-5-6-26(9-10(14)8-24)11-1-2-12-13(7-11)19(31)27(18(12)30)15-3-4-16(28)25-17(15)29/h1-2,7,10,14-15H,3-6,8-9,24H2,(H,25,28,29). The summed E-state index contributed by atoms with van der Waals surface area (Å²) in [6, 6.07) is 3.43. The number of nitrogens with two attached hydrogens (primary N) is 1. The van der Waals surface area contributed by atoms with Crippen LogP contribution in [0.4, 0.5) is 18.9 Å². The first kappa shape index (κ1) is 21.3. The summed E-state index contributed by atoms with van der Waals surface area (Å²) >= 11 is 0. The van der Waals surface area contributed by atoms with Crippen LogP contribution in [-0.2, 0) is 9.59 Å². The second-order valence-electron chi connectivity index (χ2n) is 8.06. The number of nitrogens with one attached hydrogen (secondary N) is 1. The van der Waals surface area contributed by atoms with Crippen LogP contribution in [0.3, 0.4) is 0 Å². The van der Waals surface area contributed by atoms with Crippen LogP contribution in [0.1, 0.15) is 40.0 Å². The molecule has 166 valence electrons. The summed E-state index contributed by atoms with van der Waals surface area (Å²) in [5.74, 6) is -4.70. The number of hydrogen-bond acceptors (Lipinski definition) is 6. The number of halogens is 3. The van der Waals surface area contributed by atoms with E-state index >= 15 is 0 Å². The van der Waals surface area contributed by atoms with Crippen LogP contribution in [0, 0.1) is 11.8 Å². The molecule has 1 aromatic rings. The Morgan fingerprint density at radius 3 is 2.42 bits per heavy atom. The number of imide groups is 2. The number of benzene rings is 1. The predicted molar refractivity (Wildman–Crippen MR) is 102 cm³/mol. The molecule has 1 aromatic carbocycles. The molecule has 3 heterocycles. The van der Waals surface area contributed by atoms with Gasteiger partial charge in [-0.2, -0.15) is 13.2 Å². The van der Waals surface area contributed by atoms with Crippen molar-refractivity contribution in [3.05, 3.63) is 29.3 Å². The number of alkyl halides is 3. The molecule has 0 spiro atoms. The molecule has 4 amide bonds. The van der Waals surface area contributed by atoms with E-state index in [1.54, 1.807) is 11.0 Å². The topological polar surface area (TPSA) is 113 Å². The molecule has 2 saturated heterocycles. The Balaban J connectivity index is 1.57. The molecule has 3 aliphatic rings. The van der Waals surface area contributed by atoms with E-state index in [0.717, 1.165) is 4.90 Å². The van der Waals surface area contributed by atoms with Crippen LogP contribution in [0.15, 0.2) is 18.2 Å². The van der Waals surface area contributed by atoms with Crippen molar-refractivity contribution in [3.8, 4) is 0 Å². The lowest BCUT2D eigenvalue weighted by molar-refractivity contribution is -0.191. The van der Waals surface area contributed by atoms with Gasteiger partial charge in [0.2, 0.25) is 11.8 Å². The fourth-order valence-electron chi connectivity index (χ4n) is 4.59. The third-order valence-electron chi connectivity index (χ3n) is 6.25. The second kappa shape index (κ2) is 7.63. The second-order valence-corrected chi connectivity index (χ2v) is 8.06. The molecule has 3 N–H and O–H groups in total. The van der Waals surface area contributed by atoms with Gasteiger partial charge in [-0.1, -0.05) is 0 Å². The molecule has 0 bridgehead atoms. The van der Waals surface area contributed by atoms with E-state index in [0.29, 0.717) is 5.69 Å². The van der Waals surface area contributed by atoms with Gasteiger partial charge >= 0.3 is 6.18 Å². The summed E-state index contributed by atoms with van der Waals surface area (Å²) in [5, 5.41) is 2.13. The Bertz CT molecular complexity index is 964. The molecule has 3 aliphatic heterocycles. The Labute approximate surface area is 175 Å². The number of anilines is 1. The van der Waals surface area contributed by atoms with Gasteiger partial charge in [-0.05, 0) is 37.6 Å². The number of carbonyl (C=O) groups excluding carboxylic acids is 4. The van der Waals surface area contributed by atoms with Gasteiger partial charge in [0.05, 0.1) is 17.0 Å². The summed E-state index contributed by atoms with van der Waals surface area (Å²) in [6.45, 7) is 0.100. The average Bonchev–Trinajstić information content (AvgIpc) is 2.97. The quantitative estimate of drug-likeness (QED) is 0.683. The predicted octanol–water partition coefficient (Wildman–Crippen LogP) is 1.05. The van der Waals surface area contributed by atoms with Crippen molar-refractivity contribution in [2.24, 2.45) is 17.6 Å². The molecule has 0 aromatic heterocycles. The normalized spacial score (nSPS) is 26.9. The van der Waals surface area contributed by atoms with Crippen LogP contribution in [0.2, 0.25) is 0 Å². The van der Waals surface area contributed by atoms with Crippen LogP contribution in [0.5, 0.6) is 0 Å². The zero-order valence-electron chi connectivity index (χ0n) is 16.4. The van der Waals surface area contributed by atoms with E-state index in [2.05, 4.69) is 5.32 Å². The fraction of sp³-hybridized carbons (Fsp3) is 0.500. The largest absolute Gasteiger partial charge is 0.392 e. The Morgan fingerprint density at radius 1 is 1.06 bits per heavy atom. The highest BCUT2D eigenvalue weighted by Crippen LogP contribution is 2.39. The molecule has 3 unspecified atom stereocenters. The van der Waals surface area contributed by atoms with Crippen molar-refractivity contribution in [2.45, 2.75) is 31.5 Å². The lowest BCUT2D eigenvalue weighted by Gasteiger charge is -2.40. The van der Waals surface area contributed by atoms with Gasteiger partial charge in [0, 0.05) is 31.1 Å². The van der Waals surface area contributed by atoms with Crippen molar-refractivity contribution < 1.29 is 32.3 Å². The summed E-state index contributed by atoms with van der Waals surface area (Å²) in [6.07, 6.45) is -4.37. The maximum Gasteiger partial charge on any atom is 0.392 e. The van der Waals surface area contributed by atoms with E-state index in [1.807, 2.05) is 0 Å². The zero-order chi connectivity index (χ0) is 22.5. The molecule has 4 rings (SSSR count). The first-order valence-electron chi connectivity index (χ1n) is 9.99. The highest BCUT2D eigenvalue weighted by molar-refractivity contribution is 6.23. The van der Waals surface area contributed by atoms with Gasteiger partial charge in [-0.3, -0.25) is 29.4 Å². The third-order valence-corrected chi connectivity index (χ3v) is 6.25. The number of fused-ring (bicyclic) bond motifs is 1. The van der Waals surface area contributed by atoms with Gasteiger partial charge < -0.3 is 10.6 Å². The Kier molecular flexibility index (Phi) is 5.24. The lowest BCUT2D eigenvalue weighted by Crippen LogP contribution is -2.54. The Morgan fingerprint density at radius 2 is 1.77 bits per heavy atom. The van der Waals surface area contributed by atoms with Crippen molar-refractivity contribution in [3.63, 3.8) is 0 Å². The molecule has 11 heteroatoms. The molecule has 3 atom stereocenters. The van der Waals surface area contributed by atoms with Crippen molar-refractivity contribution in [2.75, 3.05) is 24.5 Å². The van der Waals surface area contributed by atoms with Crippen LogP contribution >= 0.6 is 0 Å². The van der Waals surface area contributed by atoms with Gasteiger partial charge in [0.15, 0.2) is 0 Å². The number of carbonyl (C=O) groups is 4. The van der Waals surface area contributed by atoms with E-state index in [4.69, 9.17) is 5.73 Å². The first-order valence-corrected chi connectivity index (χ1v) is 9.99. The van der Waals surface area contributed by atoms with Gasteiger partial charge in [-0.25, -0.2) is 0 Å². The number of amides is 4. The third kappa shape index (κ3) is 3.67. The summed E-state index contributed by atoms with van der Waals surface area (Å²) in [4.78, 5) is 51.8. The summed E-state index contributed by atoms with van der Waals surface area (Å²) in [7, 11) is 0. The molecule has 0 saturated carbocycles. The van der Waals surface area contributed by atoms with Crippen LogP contribution in [0.25, 0.3) is 0 Å². The maximum absolute atomic E-state index is 13.2. The van der Waals surface area contributed by atoms with E-state index in [1.165, 1.54) is 12.1 Å². The number of rotatable bonds is 3. The molecule has 8 nitrogen and oxygen atoms in total. The van der Waals surface area contributed by atoms with Crippen molar-refractivity contribution >= 4 is 29.3 Å². The Hall–Kier alpha value is -2.95. The average molecular weight is 438 g/mol. The monoisotopic (exact) mass is 438 g/mol. The van der Waals surface area contributed by atoms with E-state index in [-0.39, 0.29) is 50.0 Å². The fourth-order valence-corrected chi connectivity index (χ4v) is 4.59. The van der Waals surface area contributed by atoms with Crippen LogP contribution < -0.4 is 16.0 Å². The molecule has 0 radical (unpaired) electrons. The maximum atomic E-state index is 13.2. The summed E-state index contributed by atoms with van der Waals surface area (Å²) < 4.78 is 39.7. The van der Waals surface area contributed by atoms with Gasteiger partial charge in [0.1, 0.15) is 6.04 Å². The number of piperidine rings is 2. The van der Waals surface area contributed by atoms with E-state index < -0.39 is 47.7 Å². The molecule has 31 heavy (non-hydrogen) atoms.